The van der Waals surface area contributed by atoms with Gasteiger partial charge in [-0.3, -0.25) is 4.79 Å². The number of fused-ring (bicyclic) bond motifs is 1. The van der Waals surface area contributed by atoms with Gasteiger partial charge in [0.2, 0.25) is 5.91 Å². The van der Waals surface area contributed by atoms with Crippen LogP contribution in [0.1, 0.15) is 37.9 Å². The van der Waals surface area contributed by atoms with E-state index in [4.69, 9.17) is 0 Å². The first-order chi connectivity index (χ1) is 11.3. The van der Waals surface area contributed by atoms with Crippen LogP contribution in [0.2, 0.25) is 0 Å². The summed E-state index contributed by atoms with van der Waals surface area (Å²) in [5, 5.41) is 9.25. The normalized spacial score (nSPS) is 15.8. The van der Waals surface area contributed by atoms with Gasteiger partial charge in [0.05, 0.1) is 17.6 Å². The van der Waals surface area contributed by atoms with Crippen molar-refractivity contribution in [2.75, 3.05) is 19.7 Å². The first-order valence-electron chi connectivity index (χ1n) is 8.62. The highest BCUT2D eigenvalue weighted by Gasteiger charge is 2.17. The van der Waals surface area contributed by atoms with Crippen molar-refractivity contribution in [3.63, 3.8) is 0 Å². The number of rotatable bonds is 5. The fraction of sp³-hybridized carbons (Fsp3) is 0.556. The Hall–Kier alpha value is -1.88. The van der Waals surface area contributed by atoms with E-state index in [1.807, 2.05) is 29.2 Å². The molecule has 1 fully saturated rings. The highest BCUT2D eigenvalue weighted by atomic mass is 16.3. The summed E-state index contributed by atoms with van der Waals surface area (Å²) in [6.45, 7) is 2.49. The van der Waals surface area contributed by atoms with Crippen molar-refractivity contribution in [1.29, 1.82) is 0 Å². The highest BCUT2D eigenvalue weighted by Crippen LogP contribution is 2.18. The zero-order valence-electron chi connectivity index (χ0n) is 13.6. The number of imidazole rings is 1. The zero-order chi connectivity index (χ0) is 16.1. The molecule has 0 aliphatic carbocycles. The SMILES string of the molecule is O=C(CCn1c(CCO)nc2ccccc21)N1CCCCCC1. The van der Waals surface area contributed by atoms with Gasteiger partial charge in [-0.1, -0.05) is 25.0 Å². The number of likely N-dealkylation sites (tertiary alicyclic amines) is 1. The molecule has 0 spiro atoms. The van der Waals surface area contributed by atoms with Crippen LogP contribution in [0, 0.1) is 0 Å². The molecular weight excluding hydrogens is 290 g/mol. The lowest BCUT2D eigenvalue weighted by molar-refractivity contribution is -0.131. The number of para-hydroxylation sites is 2. The number of aliphatic hydroxyl groups is 1. The van der Waals surface area contributed by atoms with Crippen molar-refractivity contribution in [1.82, 2.24) is 14.5 Å². The van der Waals surface area contributed by atoms with Gasteiger partial charge >= 0.3 is 0 Å². The molecule has 1 amide bonds. The predicted octanol–water partition coefficient (Wildman–Crippen LogP) is 2.36. The van der Waals surface area contributed by atoms with Crippen LogP contribution in [0.4, 0.5) is 0 Å². The van der Waals surface area contributed by atoms with Crippen LogP contribution in [0.15, 0.2) is 24.3 Å². The summed E-state index contributed by atoms with van der Waals surface area (Å²) >= 11 is 0. The third-order valence-corrected chi connectivity index (χ3v) is 4.58. The molecule has 0 bridgehead atoms. The fourth-order valence-electron chi connectivity index (χ4n) is 3.35. The number of amides is 1. The first-order valence-corrected chi connectivity index (χ1v) is 8.62. The van der Waals surface area contributed by atoms with Crippen molar-refractivity contribution >= 4 is 16.9 Å². The van der Waals surface area contributed by atoms with E-state index in [0.717, 1.165) is 42.8 Å². The molecule has 0 saturated carbocycles. The minimum absolute atomic E-state index is 0.0728. The van der Waals surface area contributed by atoms with Crippen molar-refractivity contribution in [2.45, 2.75) is 45.1 Å². The Morgan fingerprint density at radius 3 is 2.61 bits per heavy atom. The van der Waals surface area contributed by atoms with Gasteiger partial charge in [-0.05, 0) is 25.0 Å². The molecule has 1 aromatic carbocycles. The van der Waals surface area contributed by atoms with Gasteiger partial charge < -0.3 is 14.6 Å². The second-order valence-electron chi connectivity index (χ2n) is 6.19. The molecule has 0 atom stereocenters. The standard InChI is InChI=1S/C18H25N3O2/c22-14-10-17-19-15-7-3-4-8-16(15)21(17)13-9-18(23)20-11-5-1-2-6-12-20/h3-4,7-8,22H,1-2,5-6,9-14H2. The number of aryl methyl sites for hydroxylation is 1. The number of nitrogens with zero attached hydrogens (tertiary/aromatic N) is 3. The summed E-state index contributed by atoms with van der Waals surface area (Å²) in [7, 11) is 0. The molecule has 0 unspecified atom stereocenters. The molecule has 1 N–H and O–H groups in total. The van der Waals surface area contributed by atoms with Gasteiger partial charge in [0.1, 0.15) is 5.82 Å². The number of aromatic nitrogens is 2. The van der Waals surface area contributed by atoms with Crippen LogP contribution in [-0.4, -0.2) is 45.2 Å². The molecule has 2 heterocycles. The Labute approximate surface area is 136 Å². The van der Waals surface area contributed by atoms with Crippen LogP contribution >= 0.6 is 0 Å². The van der Waals surface area contributed by atoms with E-state index in [0.29, 0.717) is 19.4 Å². The van der Waals surface area contributed by atoms with Crippen LogP contribution in [0.5, 0.6) is 0 Å². The van der Waals surface area contributed by atoms with Crippen LogP contribution < -0.4 is 0 Å². The van der Waals surface area contributed by atoms with Gasteiger partial charge in [0.15, 0.2) is 0 Å². The van der Waals surface area contributed by atoms with E-state index in [1.165, 1.54) is 12.8 Å². The van der Waals surface area contributed by atoms with Gasteiger partial charge in [0, 0.05) is 32.5 Å². The Morgan fingerprint density at radius 2 is 1.87 bits per heavy atom. The third-order valence-electron chi connectivity index (χ3n) is 4.58. The maximum atomic E-state index is 12.5. The Morgan fingerprint density at radius 1 is 1.13 bits per heavy atom. The second-order valence-corrected chi connectivity index (χ2v) is 6.19. The van der Waals surface area contributed by atoms with Gasteiger partial charge in [-0.25, -0.2) is 4.98 Å². The van der Waals surface area contributed by atoms with E-state index in [2.05, 4.69) is 9.55 Å². The Balaban J connectivity index is 1.72. The van der Waals surface area contributed by atoms with Gasteiger partial charge in [-0.15, -0.1) is 0 Å². The van der Waals surface area contributed by atoms with Crippen LogP contribution in [0.25, 0.3) is 11.0 Å². The molecule has 5 nitrogen and oxygen atoms in total. The maximum Gasteiger partial charge on any atom is 0.224 e. The molecule has 2 aromatic rings. The zero-order valence-corrected chi connectivity index (χ0v) is 13.6. The van der Waals surface area contributed by atoms with E-state index >= 15 is 0 Å². The quantitative estimate of drug-likeness (QED) is 0.921. The largest absolute Gasteiger partial charge is 0.396 e. The molecule has 5 heteroatoms. The molecule has 1 aromatic heterocycles. The number of aliphatic hydroxyl groups excluding tert-OH is 1. The van der Waals surface area contributed by atoms with Gasteiger partial charge in [0.25, 0.3) is 0 Å². The molecule has 0 radical (unpaired) electrons. The average Bonchev–Trinajstić information content (AvgIpc) is 2.74. The molecule has 1 aliphatic heterocycles. The summed E-state index contributed by atoms with van der Waals surface area (Å²) in [5.41, 5.74) is 1.97. The lowest BCUT2D eigenvalue weighted by Crippen LogP contribution is -2.32. The van der Waals surface area contributed by atoms with Crippen molar-refractivity contribution in [3.8, 4) is 0 Å². The molecule has 124 valence electrons. The summed E-state index contributed by atoms with van der Waals surface area (Å²) in [4.78, 5) is 19.1. The van der Waals surface area contributed by atoms with E-state index in [1.54, 1.807) is 0 Å². The monoisotopic (exact) mass is 315 g/mol. The molecule has 1 saturated heterocycles. The van der Waals surface area contributed by atoms with E-state index < -0.39 is 0 Å². The minimum atomic E-state index is 0.0728. The number of carbonyl (C=O) groups excluding carboxylic acids is 1. The first kappa shape index (κ1) is 16.0. The summed E-state index contributed by atoms with van der Waals surface area (Å²) < 4.78 is 2.08. The Bertz CT molecular complexity index is 657. The molecule has 1 aliphatic rings. The van der Waals surface area contributed by atoms with Crippen LogP contribution in [-0.2, 0) is 17.8 Å². The second kappa shape index (κ2) is 7.59. The van der Waals surface area contributed by atoms with Crippen molar-refractivity contribution < 1.29 is 9.90 Å². The maximum absolute atomic E-state index is 12.5. The molecular formula is C18H25N3O2. The summed E-state index contributed by atoms with van der Waals surface area (Å²) in [6.07, 6.45) is 5.73. The number of benzene rings is 1. The Kier molecular flexibility index (Phi) is 5.28. The third kappa shape index (κ3) is 3.72. The topological polar surface area (TPSA) is 58.4 Å². The predicted molar refractivity (Wildman–Crippen MR) is 90.2 cm³/mol. The van der Waals surface area contributed by atoms with Crippen molar-refractivity contribution in [2.24, 2.45) is 0 Å². The lowest BCUT2D eigenvalue weighted by Gasteiger charge is -2.20. The average molecular weight is 315 g/mol. The number of hydrogen-bond acceptors (Lipinski definition) is 3. The number of carbonyl (C=O) groups is 1. The van der Waals surface area contributed by atoms with Crippen molar-refractivity contribution in [3.05, 3.63) is 30.1 Å². The molecule has 3 rings (SSSR count). The van der Waals surface area contributed by atoms with E-state index in [9.17, 15) is 9.90 Å². The molecule has 23 heavy (non-hydrogen) atoms. The fourth-order valence-corrected chi connectivity index (χ4v) is 3.35. The van der Waals surface area contributed by atoms with Crippen LogP contribution in [0.3, 0.4) is 0 Å². The minimum Gasteiger partial charge on any atom is -0.396 e. The summed E-state index contributed by atoms with van der Waals surface area (Å²) in [6, 6.07) is 7.95. The van der Waals surface area contributed by atoms with Gasteiger partial charge in [-0.2, -0.15) is 0 Å². The number of hydrogen-bond donors (Lipinski definition) is 1. The highest BCUT2D eigenvalue weighted by molar-refractivity contribution is 5.78. The summed E-state index contributed by atoms with van der Waals surface area (Å²) in [5.74, 6) is 1.09. The smallest absolute Gasteiger partial charge is 0.224 e. The lowest BCUT2D eigenvalue weighted by atomic mass is 10.2. The van der Waals surface area contributed by atoms with E-state index in [-0.39, 0.29) is 12.5 Å².